The Bertz CT molecular complexity index is 1320. The second-order valence-corrected chi connectivity index (χ2v) is 9.46. The summed E-state index contributed by atoms with van der Waals surface area (Å²) in [6, 6.07) is 24.0. The zero-order valence-corrected chi connectivity index (χ0v) is 22.0. The van der Waals surface area contributed by atoms with E-state index in [4.69, 9.17) is 4.74 Å². The van der Waals surface area contributed by atoms with Gasteiger partial charge in [0.25, 0.3) is 0 Å². The SMILES string of the molecule is CC[C@@H](C)[C@@H]1NC(=O)C(NC(=O)/C=C/c2ccccc2)C(c2ccccc2)Oc2ccc(cc2)/C=C/NC1=O. The van der Waals surface area contributed by atoms with Crippen LogP contribution in [0.25, 0.3) is 12.2 Å². The van der Waals surface area contributed by atoms with Crippen LogP contribution in [0, 0.1) is 5.92 Å². The van der Waals surface area contributed by atoms with Crippen LogP contribution in [0.5, 0.6) is 5.75 Å². The van der Waals surface area contributed by atoms with Crippen LogP contribution in [-0.4, -0.2) is 29.8 Å². The Kier molecular flexibility index (Phi) is 9.29. The van der Waals surface area contributed by atoms with Gasteiger partial charge in [0.05, 0.1) is 0 Å². The molecule has 0 fully saturated rings. The van der Waals surface area contributed by atoms with E-state index in [1.165, 1.54) is 6.08 Å². The third-order valence-corrected chi connectivity index (χ3v) is 6.68. The summed E-state index contributed by atoms with van der Waals surface area (Å²) >= 11 is 0. The largest absolute Gasteiger partial charge is 0.483 e. The lowest BCUT2D eigenvalue weighted by molar-refractivity contribution is -0.133. The summed E-state index contributed by atoms with van der Waals surface area (Å²) < 4.78 is 6.37. The molecule has 0 radical (unpaired) electrons. The van der Waals surface area contributed by atoms with Crippen molar-refractivity contribution in [3.05, 3.63) is 114 Å². The lowest BCUT2D eigenvalue weighted by Crippen LogP contribution is -2.57. The smallest absolute Gasteiger partial charge is 0.247 e. The number of carbonyl (C=O) groups is 3. The predicted molar refractivity (Wildman–Crippen MR) is 152 cm³/mol. The minimum absolute atomic E-state index is 0.154. The molecule has 0 aromatic heterocycles. The van der Waals surface area contributed by atoms with Gasteiger partial charge in [0, 0.05) is 12.3 Å². The first kappa shape index (κ1) is 27.4. The minimum atomic E-state index is -1.14. The molecule has 2 heterocycles. The molecule has 0 saturated carbocycles. The Morgan fingerprint density at radius 2 is 1.62 bits per heavy atom. The lowest BCUT2D eigenvalue weighted by Gasteiger charge is -2.31. The summed E-state index contributed by atoms with van der Waals surface area (Å²) in [5, 5.41) is 8.51. The molecule has 3 amide bonds. The topological polar surface area (TPSA) is 96.5 Å². The highest BCUT2D eigenvalue weighted by atomic mass is 16.5. The van der Waals surface area contributed by atoms with Crippen LogP contribution in [0.3, 0.4) is 0 Å². The molecular weight excluding hydrogens is 490 g/mol. The standard InChI is InChI=1S/C32H33N3O4/c1-3-22(2)28-31(37)33-21-20-24-14-17-26(18-15-24)39-30(25-12-8-5-9-13-25)29(32(38)35-28)34-27(36)19-16-23-10-6-4-7-11-23/h4-22,28-30H,3H2,1-2H3,(H,33,37)(H,34,36)(H,35,38)/b19-16+,21-20+/t22-,28+,29?,30?/m1/s1. The molecule has 7 nitrogen and oxygen atoms in total. The van der Waals surface area contributed by atoms with Crippen LogP contribution < -0.4 is 20.7 Å². The summed E-state index contributed by atoms with van der Waals surface area (Å²) in [7, 11) is 0. The summed E-state index contributed by atoms with van der Waals surface area (Å²) in [5.41, 5.74) is 2.42. The van der Waals surface area contributed by atoms with E-state index in [9.17, 15) is 14.4 Å². The first-order chi connectivity index (χ1) is 18.9. The van der Waals surface area contributed by atoms with Gasteiger partial charge in [0.2, 0.25) is 17.7 Å². The molecule has 2 unspecified atom stereocenters. The Morgan fingerprint density at radius 1 is 0.949 bits per heavy atom. The van der Waals surface area contributed by atoms with Crippen LogP contribution in [0.15, 0.2) is 97.2 Å². The van der Waals surface area contributed by atoms with Crippen molar-refractivity contribution < 1.29 is 19.1 Å². The van der Waals surface area contributed by atoms with Crippen LogP contribution in [0.4, 0.5) is 0 Å². The van der Waals surface area contributed by atoms with Crippen molar-refractivity contribution in [2.45, 2.75) is 38.5 Å². The quantitative estimate of drug-likeness (QED) is 0.410. The molecule has 2 bridgehead atoms. The second-order valence-electron chi connectivity index (χ2n) is 9.46. The Labute approximate surface area is 229 Å². The first-order valence-corrected chi connectivity index (χ1v) is 13.1. The van der Waals surface area contributed by atoms with Crippen molar-refractivity contribution in [2.24, 2.45) is 5.92 Å². The summed E-state index contributed by atoms with van der Waals surface area (Å²) in [6.07, 6.45) is 6.19. The molecule has 3 aromatic rings. The Balaban J connectivity index is 1.74. The highest BCUT2D eigenvalue weighted by Crippen LogP contribution is 2.27. The number of carbonyl (C=O) groups excluding carboxylic acids is 3. The second kappa shape index (κ2) is 13.2. The molecule has 2 aliphatic heterocycles. The molecule has 200 valence electrons. The monoisotopic (exact) mass is 523 g/mol. The van der Waals surface area contributed by atoms with Crippen LogP contribution >= 0.6 is 0 Å². The van der Waals surface area contributed by atoms with Crippen molar-refractivity contribution in [1.29, 1.82) is 0 Å². The van der Waals surface area contributed by atoms with Gasteiger partial charge in [-0.15, -0.1) is 0 Å². The normalized spacial score (nSPS) is 21.2. The van der Waals surface area contributed by atoms with Crippen LogP contribution in [0.1, 0.15) is 43.1 Å². The van der Waals surface area contributed by atoms with Gasteiger partial charge in [-0.2, -0.15) is 0 Å². The number of hydrogen-bond acceptors (Lipinski definition) is 4. The lowest BCUT2D eigenvalue weighted by atomic mass is 9.96. The van der Waals surface area contributed by atoms with Gasteiger partial charge in [-0.25, -0.2) is 0 Å². The summed E-state index contributed by atoms with van der Waals surface area (Å²) in [4.78, 5) is 40.1. The van der Waals surface area contributed by atoms with Crippen molar-refractivity contribution in [3.8, 4) is 5.75 Å². The first-order valence-electron chi connectivity index (χ1n) is 13.1. The van der Waals surface area contributed by atoms with Crippen molar-refractivity contribution in [3.63, 3.8) is 0 Å². The average Bonchev–Trinajstić information content (AvgIpc) is 2.97. The maximum atomic E-state index is 13.9. The maximum Gasteiger partial charge on any atom is 0.247 e. The van der Waals surface area contributed by atoms with Gasteiger partial charge in [0.15, 0.2) is 6.10 Å². The van der Waals surface area contributed by atoms with E-state index in [2.05, 4.69) is 16.0 Å². The van der Waals surface area contributed by atoms with Gasteiger partial charge < -0.3 is 20.7 Å². The molecule has 2 aliphatic rings. The fourth-order valence-corrected chi connectivity index (χ4v) is 4.25. The zero-order chi connectivity index (χ0) is 27.6. The van der Waals surface area contributed by atoms with E-state index in [0.717, 1.165) is 11.1 Å². The predicted octanol–water partition coefficient (Wildman–Crippen LogP) is 4.64. The van der Waals surface area contributed by atoms with Crippen molar-refractivity contribution in [2.75, 3.05) is 0 Å². The van der Waals surface area contributed by atoms with Crippen molar-refractivity contribution >= 4 is 29.9 Å². The Hall–Kier alpha value is -4.65. The number of hydrogen-bond donors (Lipinski definition) is 3. The van der Waals surface area contributed by atoms with Crippen LogP contribution in [0.2, 0.25) is 0 Å². The molecule has 0 spiro atoms. The molecule has 4 atom stereocenters. The number of rotatable bonds is 6. The molecule has 3 aromatic carbocycles. The number of amides is 3. The minimum Gasteiger partial charge on any atom is -0.483 e. The van der Waals surface area contributed by atoms with Gasteiger partial charge >= 0.3 is 0 Å². The molecule has 3 N–H and O–H groups in total. The third kappa shape index (κ3) is 7.45. The number of fused-ring (bicyclic) bond motifs is 10. The number of ether oxygens (including phenoxy) is 1. The molecule has 0 aliphatic carbocycles. The van der Waals surface area contributed by atoms with Gasteiger partial charge in [0.1, 0.15) is 17.8 Å². The molecule has 7 heteroatoms. The van der Waals surface area contributed by atoms with E-state index in [-0.39, 0.29) is 11.8 Å². The fraction of sp³-hybridized carbons (Fsp3) is 0.219. The number of benzene rings is 3. The van der Waals surface area contributed by atoms with Gasteiger partial charge in [-0.1, -0.05) is 93.1 Å². The Morgan fingerprint density at radius 3 is 2.28 bits per heavy atom. The molecule has 0 saturated heterocycles. The van der Waals surface area contributed by atoms with E-state index in [1.807, 2.05) is 86.6 Å². The maximum absolute atomic E-state index is 13.9. The highest BCUT2D eigenvalue weighted by molar-refractivity contribution is 5.97. The molecule has 5 rings (SSSR count). The van der Waals surface area contributed by atoms with E-state index in [1.54, 1.807) is 30.5 Å². The highest BCUT2D eigenvalue weighted by Gasteiger charge is 2.36. The van der Waals surface area contributed by atoms with E-state index < -0.39 is 30.0 Å². The van der Waals surface area contributed by atoms with E-state index in [0.29, 0.717) is 17.7 Å². The summed E-state index contributed by atoms with van der Waals surface area (Å²) in [5.74, 6) is -0.948. The average molecular weight is 524 g/mol. The van der Waals surface area contributed by atoms with Gasteiger partial charge in [-0.3, -0.25) is 14.4 Å². The molecule has 39 heavy (non-hydrogen) atoms. The van der Waals surface area contributed by atoms with Gasteiger partial charge in [-0.05, 0) is 46.9 Å². The molecular formula is C32H33N3O4. The zero-order valence-electron chi connectivity index (χ0n) is 22.0. The summed E-state index contributed by atoms with van der Waals surface area (Å²) in [6.45, 7) is 3.85. The fourth-order valence-electron chi connectivity index (χ4n) is 4.25. The third-order valence-electron chi connectivity index (χ3n) is 6.68. The van der Waals surface area contributed by atoms with E-state index >= 15 is 0 Å². The van der Waals surface area contributed by atoms with Crippen molar-refractivity contribution in [1.82, 2.24) is 16.0 Å². The van der Waals surface area contributed by atoms with Crippen LogP contribution in [-0.2, 0) is 14.4 Å². The number of nitrogens with one attached hydrogen (secondary N) is 3.